The molecule has 1 amide bonds. The zero-order valence-electron chi connectivity index (χ0n) is 20.1. The van der Waals surface area contributed by atoms with Gasteiger partial charge in [-0.05, 0) is 62.6 Å². The molecule has 3 aromatic rings. The first-order valence-corrected chi connectivity index (χ1v) is 12.2. The first-order valence-electron chi connectivity index (χ1n) is 12.2. The van der Waals surface area contributed by atoms with E-state index < -0.39 is 0 Å². The molecule has 174 valence electrons. The Labute approximate surface area is 196 Å². The lowest BCUT2D eigenvalue weighted by Gasteiger charge is -2.40. The van der Waals surface area contributed by atoms with E-state index in [9.17, 15) is 4.79 Å². The number of anilines is 1. The number of benzene rings is 2. The number of aromatic nitrogens is 2. The number of hydrogen-bond donors (Lipinski definition) is 0. The summed E-state index contributed by atoms with van der Waals surface area (Å²) in [5.41, 5.74) is 6.20. The lowest BCUT2D eigenvalue weighted by Crippen LogP contribution is -2.52. The van der Waals surface area contributed by atoms with Gasteiger partial charge in [-0.3, -0.25) is 9.69 Å². The van der Waals surface area contributed by atoms with Crippen LogP contribution in [0, 0.1) is 19.8 Å². The highest BCUT2D eigenvalue weighted by Gasteiger charge is 2.31. The quantitative estimate of drug-likeness (QED) is 0.614. The van der Waals surface area contributed by atoms with Crippen molar-refractivity contribution in [1.82, 2.24) is 19.4 Å². The third kappa shape index (κ3) is 4.36. The van der Waals surface area contributed by atoms with E-state index in [1.54, 1.807) is 0 Å². The summed E-state index contributed by atoms with van der Waals surface area (Å²) in [6.45, 7) is 10.5. The SMILES string of the molecule is Cc1cccc(N2CCN(C(=O)[C@H]3CCCN(Cc4nc5ccccc5n4C)C3)CC2)c1C. The highest BCUT2D eigenvalue weighted by Crippen LogP contribution is 2.26. The lowest BCUT2D eigenvalue weighted by atomic mass is 9.96. The number of para-hydroxylation sites is 2. The molecule has 2 saturated heterocycles. The maximum Gasteiger partial charge on any atom is 0.227 e. The largest absolute Gasteiger partial charge is 0.368 e. The molecule has 3 heterocycles. The Morgan fingerprint density at radius 1 is 1.00 bits per heavy atom. The van der Waals surface area contributed by atoms with Gasteiger partial charge in [0.25, 0.3) is 0 Å². The maximum atomic E-state index is 13.4. The van der Waals surface area contributed by atoms with Crippen LogP contribution in [0.25, 0.3) is 11.0 Å². The van der Waals surface area contributed by atoms with E-state index in [0.29, 0.717) is 5.91 Å². The highest BCUT2D eigenvalue weighted by molar-refractivity contribution is 5.79. The molecule has 0 spiro atoms. The molecule has 6 nitrogen and oxygen atoms in total. The van der Waals surface area contributed by atoms with Crippen molar-refractivity contribution in [3.8, 4) is 0 Å². The number of carbonyl (C=O) groups excluding carboxylic acids is 1. The minimum absolute atomic E-state index is 0.0979. The Hall–Kier alpha value is -2.86. The molecular formula is C27H35N5O. The van der Waals surface area contributed by atoms with Gasteiger partial charge in [-0.25, -0.2) is 4.98 Å². The van der Waals surface area contributed by atoms with Crippen LogP contribution in [0.4, 0.5) is 5.69 Å². The molecule has 2 aliphatic rings. The summed E-state index contributed by atoms with van der Waals surface area (Å²) >= 11 is 0. The molecule has 2 aromatic carbocycles. The van der Waals surface area contributed by atoms with Crippen LogP contribution in [-0.2, 0) is 18.4 Å². The number of likely N-dealkylation sites (tertiary alicyclic amines) is 1. The molecule has 0 N–H and O–H groups in total. The monoisotopic (exact) mass is 445 g/mol. The fourth-order valence-corrected chi connectivity index (χ4v) is 5.44. The second-order valence-corrected chi connectivity index (χ2v) is 9.68. The third-order valence-corrected chi connectivity index (χ3v) is 7.61. The van der Waals surface area contributed by atoms with E-state index in [2.05, 4.69) is 76.6 Å². The van der Waals surface area contributed by atoms with E-state index >= 15 is 0 Å². The summed E-state index contributed by atoms with van der Waals surface area (Å²) in [7, 11) is 2.09. The van der Waals surface area contributed by atoms with Crippen molar-refractivity contribution in [2.45, 2.75) is 33.2 Å². The first kappa shape index (κ1) is 22.0. The summed E-state index contributed by atoms with van der Waals surface area (Å²) in [6.07, 6.45) is 2.07. The fraction of sp³-hybridized carbons (Fsp3) is 0.481. The van der Waals surface area contributed by atoms with Crippen molar-refractivity contribution in [1.29, 1.82) is 0 Å². The van der Waals surface area contributed by atoms with Crippen LogP contribution >= 0.6 is 0 Å². The van der Waals surface area contributed by atoms with Gasteiger partial charge < -0.3 is 14.4 Å². The highest BCUT2D eigenvalue weighted by atomic mass is 16.2. The number of rotatable bonds is 4. The van der Waals surface area contributed by atoms with Crippen molar-refractivity contribution >= 4 is 22.6 Å². The van der Waals surface area contributed by atoms with Crippen LogP contribution in [0.1, 0.15) is 29.8 Å². The van der Waals surface area contributed by atoms with E-state index in [-0.39, 0.29) is 5.92 Å². The van der Waals surface area contributed by atoms with E-state index in [4.69, 9.17) is 4.98 Å². The van der Waals surface area contributed by atoms with Crippen LogP contribution < -0.4 is 4.90 Å². The number of piperidine rings is 1. The van der Waals surface area contributed by atoms with Crippen LogP contribution in [0.3, 0.4) is 0 Å². The molecule has 5 rings (SSSR count). The lowest BCUT2D eigenvalue weighted by molar-refractivity contribution is -0.137. The minimum atomic E-state index is 0.0979. The summed E-state index contributed by atoms with van der Waals surface area (Å²) < 4.78 is 2.19. The Morgan fingerprint density at radius 2 is 1.79 bits per heavy atom. The van der Waals surface area contributed by atoms with E-state index in [1.165, 1.54) is 22.3 Å². The smallest absolute Gasteiger partial charge is 0.227 e. The second-order valence-electron chi connectivity index (χ2n) is 9.68. The van der Waals surface area contributed by atoms with Gasteiger partial charge in [0.1, 0.15) is 5.82 Å². The van der Waals surface area contributed by atoms with Crippen molar-refractivity contribution in [2.24, 2.45) is 13.0 Å². The number of aryl methyl sites for hydroxylation is 2. The molecule has 0 aliphatic carbocycles. The molecule has 2 fully saturated rings. The van der Waals surface area contributed by atoms with E-state index in [1.807, 2.05) is 6.07 Å². The Balaban J connectivity index is 1.20. The number of imidazole rings is 1. The number of hydrogen-bond acceptors (Lipinski definition) is 4. The third-order valence-electron chi connectivity index (χ3n) is 7.61. The average Bonchev–Trinajstić information content (AvgIpc) is 3.16. The van der Waals surface area contributed by atoms with Crippen LogP contribution in [0.5, 0.6) is 0 Å². The summed E-state index contributed by atoms with van der Waals surface area (Å²) in [5.74, 6) is 1.51. The Morgan fingerprint density at radius 3 is 2.58 bits per heavy atom. The van der Waals surface area contributed by atoms with E-state index in [0.717, 1.165) is 70.0 Å². The predicted octanol–water partition coefficient (Wildman–Crippen LogP) is 3.75. The molecule has 2 aliphatic heterocycles. The predicted molar refractivity (Wildman–Crippen MR) is 133 cm³/mol. The molecule has 0 unspecified atom stereocenters. The second kappa shape index (κ2) is 9.18. The molecule has 6 heteroatoms. The zero-order chi connectivity index (χ0) is 22.9. The number of fused-ring (bicyclic) bond motifs is 1. The van der Waals surface area contributed by atoms with Gasteiger partial charge in [0.15, 0.2) is 0 Å². The van der Waals surface area contributed by atoms with Crippen molar-refractivity contribution in [3.05, 3.63) is 59.4 Å². The summed E-state index contributed by atoms with van der Waals surface area (Å²) in [5, 5.41) is 0. The number of carbonyl (C=O) groups is 1. The molecule has 1 aromatic heterocycles. The summed E-state index contributed by atoms with van der Waals surface area (Å²) in [4.78, 5) is 25.2. The Bertz CT molecular complexity index is 1140. The number of nitrogens with zero attached hydrogens (tertiary/aromatic N) is 5. The van der Waals surface area contributed by atoms with Crippen molar-refractivity contribution in [3.63, 3.8) is 0 Å². The van der Waals surface area contributed by atoms with Crippen LogP contribution in [0.2, 0.25) is 0 Å². The van der Waals surface area contributed by atoms with Gasteiger partial charge in [0.2, 0.25) is 5.91 Å². The topological polar surface area (TPSA) is 44.6 Å². The Kier molecular flexibility index (Phi) is 6.11. The number of amides is 1. The average molecular weight is 446 g/mol. The molecule has 1 atom stereocenters. The first-order chi connectivity index (χ1) is 16.0. The van der Waals surface area contributed by atoms with Crippen LogP contribution in [0.15, 0.2) is 42.5 Å². The normalized spacial score (nSPS) is 19.9. The number of piperazine rings is 1. The van der Waals surface area contributed by atoms with Gasteiger partial charge >= 0.3 is 0 Å². The molecule has 0 saturated carbocycles. The van der Waals surface area contributed by atoms with Crippen molar-refractivity contribution < 1.29 is 4.79 Å². The van der Waals surface area contributed by atoms with Gasteiger partial charge in [0.05, 0.1) is 23.5 Å². The summed E-state index contributed by atoms with van der Waals surface area (Å²) in [6, 6.07) is 14.8. The molecule has 33 heavy (non-hydrogen) atoms. The standard InChI is InChI=1S/C27H35N5O/c1-20-8-6-12-24(21(20)2)31-14-16-32(17-15-31)27(33)22-9-7-13-30(18-22)19-26-28-23-10-4-5-11-25(23)29(26)3/h4-6,8,10-12,22H,7,9,13-19H2,1-3H3/t22-/m0/s1. The van der Waals surface area contributed by atoms with Gasteiger partial charge in [-0.15, -0.1) is 0 Å². The fourth-order valence-electron chi connectivity index (χ4n) is 5.44. The molecular weight excluding hydrogens is 410 g/mol. The van der Waals surface area contributed by atoms with Crippen molar-refractivity contribution in [2.75, 3.05) is 44.2 Å². The molecule has 0 radical (unpaired) electrons. The van der Waals surface area contributed by atoms with Gasteiger partial charge in [0, 0.05) is 45.5 Å². The zero-order valence-corrected chi connectivity index (χ0v) is 20.1. The molecule has 0 bridgehead atoms. The van der Waals surface area contributed by atoms with Gasteiger partial charge in [-0.2, -0.15) is 0 Å². The van der Waals surface area contributed by atoms with Crippen LogP contribution in [-0.4, -0.2) is 64.5 Å². The minimum Gasteiger partial charge on any atom is -0.368 e. The maximum absolute atomic E-state index is 13.4. The van der Waals surface area contributed by atoms with Gasteiger partial charge in [-0.1, -0.05) is 24.3 Å².